The molecule has 170 valence electrons. The molecule has 1 saturated heterocycles. The summed E-state index contributed by atoms with van der Waals surface area (Å²) in [7, 11) is -3.29. The Bertz CT molecular complexity index is 987. The normalized spacial score (nSPS) is 24.6. The molecule has 1 aromatic carbocycles. The van der Waals surface area contributed by atoms with Crippen LogP contribution in [0.3, 0.4) is 0 Å². The zero-order valence-corrected chi connectivity index (χ0v) is 19.1. The van der Waals surface area contributed by atoms with E-state index in [2.05, 4.69) is 9.97 Å². The lowest BCUT2D eigenvalue weighted by atomic mass is 9.99. The first kappa shape index (κ1) is 25.1. The zero-order chi connectivity index (χ0) is 23.3. The first-order valence-electron chi connectivity index (χ1n) is 9.88. The quantitative estimate of drug-likeness (QED) is 0.642. The zero-order valence-electron chi connectivity index (χ0n) is 18.3. The van der Waals surface area contributed by atoms with Crippen molar-refractivity contribution < 1.29 is 28.5 Å². The van der Waals surface area contributed by atoms with Crippen LogP contribution in [0.4, 0.5) is 0 Å². The minimum Gasteiger partial charge on any atom is -0.388 e. The molecule has 0 radical (unpaired) electrons. The monoisotopic (exact) mass is 450 g/mol. The van der Waals surface area contributed by atoms with E-state index in [1.165, 1.54) is 24.3 Å². The second kappa shape index (κ2) is 10.4. The maximum Gasteiger partial charge on any atom is 0.175 e. The van der Waals surface area contributed by atoms with Crippen LogP contribution in [0, 0.1) is 13.8 Å². The van der Waals surface area contributed by atoms with Crippen LogP contribution in [-0.4, -0.2) is 64.4 Å². The average molecular weight is 451 g/mol. The number of allylic oxidation sites excluding steroid dienone is 1. The second-order valence-electron chi connectivity index (χ2n) is 7.53. The molecule has 2 aromatic rings. The molecule has 1 fully saturated rings. The summed E-state index contributed by atoms with van der Waals surface area (Å²) in [6.07, 6.45) is 1.84. The highest BCUT2D eigenvalue weighted by molar-refractivity contribution is 7.90. The molecule has 0 unspecified atom stereocenters. The van der Waals surface area contributed by atoms with Crippen LogP contribution < -0.4 is 0 Å². The first-order chi connectivity index (χ1) is 14.5. The van der Waals surface area contributed by atoms with Crippen molar-refractivity contribution in [3.8, 4) is 0 Å². The van der Waals surface area contributed by atoms with E-state index in [4.69, 9.17) is 4.74 Å². The number of aliphatic hydroxyl groups is 3. The molecular weight excluding hydrogens is 420 g/mol. The predicted molar refractivity (Wildman–Crippen MR) is 117 cm³/mol. The molecule has 31 heavy (non-hydrogen) atoms. The Morgan fingerprint density at radius 2 is 1.61 bits per heavy atom. The highest BCUT2D eigenvalue weighted by Gasteiger charge is 2.44. The van der Waals surface area contributed by atoms with E-state index in [1.807, 2.05) is 32.9 Å². The summed E-state index contributed by atoms with van der Waals surface area (Å²) in [6.45, 7) is 7.58. The Morgan fingerprint density at radius 3 is 2.03 bits per heavy atom. The van der Waals surface area contributed by atoms with Crippen LogP contribution in [0.1, 0.15) is 42.5 Å². The molecule has 0 spiro atoms. The summed E-state index contributed by atoms with van der Waals surface area (Å²) in [6, 6.07) is 5.70. The summed E-state index contributed by atoms with van der Waals surface area (Å²) in [5.74, 6) is 0. The number of ether oxygens (including phenoxy) is 1. The topological polar surface area (TPSA) is 130 Å². The molecule has 2 heterocycles. The Labute approximate surface area is 183 Å². The minimum absolute atomic E-state index is 0.148. The van der Waals surface area contributed by atoms with Gasteiger partial charge in [-0.1, -0.05) is 24.3 Å². The van der Waals surface area contributed by atoms with Crippen molar-refractivity contribution in [2.75, 3.05) is 6.26 Å². The standard InChI is InChI=1S/C13H18O6S.C9H12N2/c1-7-10(14)12(16)13(19-7)11(15)8-3-5-9(6-4-8)20(2,17)18;1-4-5-9-7(2)10-6-11-8(9)3/h3-7,10-16H,1-2H3;4-6H,1-3H3/b;5-4-/t7-,10-,11+,12-,13+;/m0./s1. The van der Waals surface area contributed by atoms with Crippen molar-refractivity contribution in [2.24, 2.45) is 0 Å². The maximum absolute atomic E-state index is 11.3. The molecule has 9 heteroatoms. The number of aryl methyl sites for hydroxylation is 2. The fourth-order valence-corrected chi connectivity index (χ4v) is 3.89. The molecule has 3 N–H and O–H groups in total. The van der Waals surface area contributed by atoms with Gasteiger partial charge in [0.15, 0.2) is 9.84 Å². The van der Waals surface area contributed by atoms with Crippen LogP contribution in [0.25, 0.3) is 6.08 Å². The maximum atomic E-state index is 11.3. The summed E-state index contributed by atoms with van der Waals surface area (Å²) in [4.78, 5) is 8.34. The fraction of sp³-hybridized carbons (Fsp3) is 0.455. The van der Waals surface area contributed by atoms with Crippen molar-refractivity contribution in [1.29, 1.82) is 0 Å². The van der Waals surface area contributed by atoms with E-state index in [0.29, 0.717) is 5.56 Å². The van der Waals surface area contributed by atoms with Crippen LogP contribution >= 0.6 is 0 Å². The van der Waals surface area contributed by atoms with Crippen LogP contribution in [-0.2, 0) is 14.6 Å². The first-order valence-corrected chi connectivity index (χ1v) is 11.8. The number of hydrogen-bond donors (Lipinski definition) is 3. The van der Waals surface area contributed by atoms with Crippen molar-refractivity contribution in [3.05, 3.63) is 59.2 Å². The molecule has 1 aliphatic heterocycles. The lowest BCUT2D eigenvalue weighted by molar-refractivity contribution is -0.0635. The highest BCUT2D eigenvalue weighted by atomic mass is 32.2. The fourth-order valence-electron chi connectivity index (χ4n) is 3.25. The van der Waals surface area contributed by atoms with E-state index in [1.54, 1.807) is 13.3 Å². The van der Waals surface area contributed by atoms with E-state index in [-0.39, 0.29) is 4.90 Å². The SMILES string of the molecule is C/C=C\c1c(C)ncnc1C.C[C@@H]1O[C@H]([C@H](O)c2ccc(S(C)(=O)=O)cc2)[C@@H](O)[C@H]1O. The van der Waals surface area contributed by atoms with Crippen LogP contribution in [0.5, 0.6) is 0 Å². The van der Waals surface area contributed by atoms with Gasteiger partial charge in [0.1, 0.15) is 30.7 Å². The minimum atomic E-state index is -3.29. The van der Waals surface area contributed by atoms with Crippen LogP contribution in [0.2, 0.25) is 0 Å². The van der Waals surface area contributed by atoms with E-state index in [9.17, 15) is 23.7 Å². The summed E-state index contributed by atoms with van der Waals surface area (Å²) in [5, 5.41) is 29.6. The molecule has 0 amide bonds. The summed E-state index contributed by atoms with van der Waals surface area (Å²) < 4.78 is 28.0. The van der Waals surface area contributed by atoms with Gasteiger partial charge in [-0.05, 0) is 45.4 Å². The van der Waals surface area contributed by atoms with Gasteiger partial charge in [0, 0.05) is 23.2 Å². The third-order valence-corrected chi connectivity index (χ3v) is 6.24. The van der Waals surface area contributed by atoms with Crippen molar-refractivity contribution in [3.63, 3.8) is 0 Å². The van der Waals surface area contributed by atoms with Gasteiger partial charge < -0.3 is 20.1 Å². The van der Waals surface area contributed by atoms with E-state index >= 15 is 0 Å². The number of hydrogen-bond acceptors (Lipinski definition) is 8. The number of nitrogens with zero attached hydrogens (tertiary/aromatic N) is 2. The lowest BCUT2D eigenvalue weighted by Crippen LogP contribution is -2.34. The van der Waals surface area contributed by atoms with Gasteiger partial charge in [0.05, 0.1) is 11.0 Å². The molecule has 1 aliphatic rings. The number of sulfone groups is 1. The Kier molecular flexibility index (Phi) is 8.44. The van der Waals surface area contributed by atoms with Gasteiger partial charge in [-0.15, -0.1) is 0 Å². The predicted octanol–water partition coefficient (Wildman–Crippen LogP) is 1.76. The molecule has 8 nitrogen and oxygen atoms in total. The lowest BCUT2D eigenvalue weighted by Gasteiger charge is -2.21. The highest BCUT2D eigenvalue weighted by Crippen LogP contribution is 2.31. The molecule has 3 rings (SSSR count). The summed E-state index contributed by atoms with van der Waals surface area (Å²) >= 11 is 0. The van der Waals surface area contributed by atoms with Crippen molar-refractivity contribution in [2.45, 2.75) is 63.1 Å². The number of benzene rings is 1. The van der Waals surface area contributed by atoms with Gasteiger partial charge >= 0.3 is 0 Å². The Balaban J connectivity index is 0.000000262. The number of aliphatic hydroxyl groups excluding tert-OH is 3. The van der Waals surface area contributed by atoms with E-state index in [0.717, 1.165) is 23.2 Å². The van der Waals surface area contributed by atoms with Gasteiger partial charge in [-0.3, -0.25) is 0 Å². The van der Waals surface area contributed by atoms with Crippen molar-refractivity contribution in [1.82, 2.24) is 9.97 Å². The molecule has 0 bridgehead atoms. The van der Waals surface area contributed by atoms with Gasteiger partial charge in [0.25, 0.3) is 0 Å². The van der Waals surface area contributed by atoms with Gasteiger partial charge in [-0.2, -0.15) is 0 Å². The number of rotatable bonds is 4. The third-order valence-electron chi connectivity index (χ3n) is 5.12. The van der Waals surface area contributed by atoms with Gasteiger partial charge in [-0.25, -0.2) is 18.4 Å². The van der Waals surface area contributed by atoms with Gasteiger partial charge in [0.2, 0.25) is 0 Å². The smallest absolute Gasteiger partial charge is 0.175 e. The molecule has 5 atom stereocenters. The Morgan fingerprint density at radius 1 is 1.06 bits per heavy atom. The average Bonchev–Trinajstić information content (AvgIpc) is 2.97. The third kappa shape index (κ3) is 6.18. The van der Waals surface area contributed by atoms with E-state index < -0.39 is 40.4 Å². The Hall–Kier alpha value is -2.17. The largest absolute Gasteiger partial charge is 0.388 e. The summed E-state index contributed by atoms with van der Waals surface area (Å²) in [5.41, 5.74) is 3.63. The van der Waals surface area contributed by atoms with Crippen molar-refractivity contribution >= 4 is 15.9 Å². The van der Waals surface area contributed by atoms with Crippen LogP contribution in [0.15, 0.2) is 41.6 Å². The molecule has 0 aliphatic carbocycles. The molecule has 1 aromatic heterocycles. The second-order valence-corrected chi connectivity index (χ2v) is 9.55. The number of aromatic nitrogens is 2. The molecule has 0 saturated carbocycles. The molecular formula is C22H30N2O6S.